The number of nitrogens with zero attached hydrogens (tertiary/aromatic N) is 1. The van der Waals surface area contributed by atoms with Crippen molar-refractivity contribution in [3.05, 3.63) is 16.1 Å². The molecule has 0 radical (unpaired) electrons. The summed E-state index contributed by atoms with van der Waals surface area (Å²) in [6.07, 6.45) is 2.53. The molecule has 1 fully saturated rings. The van der Waals surface area contributed by atoms with Crippen molar-refractivity contribution in [2.24, 2.45) is 0 Å². The Bertz CT molecular complexity index is 394. The molecule has 1 aliphatic heterocycles. The molecule has 1 aromatic rings. The van der Waals surface area contributed by atoms with Gasteiger partial charge in [0.15, 0.2) is 0 Å². The summed E-state index contributed by atoms with van der Waals surface area (Å²) in [4.78, 5) is 4.65. The second-order valence-electron chi connectivity index (χ2n) is 6.11. The van der Waals surface area contributed by atoms with Gasteiger partial charge in [0.05, 0.1) is 29.5 Å². The van der Waals surface area contributed by atoms with Crippen LogP contribution < -0.4 is 5.32 Å². The van der Waals surface area contributed by atoms with Crippen LogP contribution in [0, 0.1) is 0 Å². The summed E-state index contributed by atoms with van der Waals surface area (Å²) in [6, 6.07) is -0.0865. The highest BCUT2D eigenvalue weighted by Gasteiger charge is 2.22. The highest BCUT2D eigenvalue weighted by molar-refractivity contribution is 7.09. The van der Waals surface area contributed by atoms with Gasteiger partial charge in [-0.1, -0.05) is 20.8 Å². The Morgan fingerprint density at radius 3 is 2.89 bits per heavy atom. The lowest BCUT2D eigenvalue weighted by molar-refractivity contribution is 0.103. The number of ether oxygens (including phenoxy) is 1. The van der Waals surface area contributed by atoms with Crippen LogP contribution in [0.5, 0.6) is 0 Å². The normalized spacial score (nSPS) is 21.8. The first-order valence-electron chi connectivity index (χ1n) is 6.92. The number of rotatable bonds is 5. The molecule has 2 unspecified atom stereocenters. The molecule has 2 N–H and O–H groups in total. The highest BCUT2D eigenvalue weighted by Crippen LogP contribution is 2.27. The van der Waals surface area contributed by atoms with Gasteiger partial charge in [0.1, 0.15) is 0 Å². The van der Waals surface area contributed by atoms with Crippen molar-refractivity contribution in [3.63, 3.8) is 0 Å². The van der Waals surface area contributed by atoms with Crippen LogP contribution in [0.4, 0.5) is 0 Å². The van der Waals surface area contributed by atoms with E-state index in [-0.39, 0.29) is 24.2 Å². The maximum atomic E-state index is 9.53. The summed E-state index contributed by atoms with van der Waals surface area (Å²) >= 11 is 1.66. The third-order valence-corrected chi connectivity index (χ3v) is 4.61. The van der Waals surface area contributed by atoms with Gasteiger partial charge < -0.3 is 15.2 Å². The topological polar surface area (TPSA) is 54.4 Å². The molecule has 1 aromatic heterocycles. The van der Waals surface area contributed by atoms with E-state index in [4.69, 9.17) is 4.74 Å². The number of aromatic nitrogens is 1. The van der Waals surface area contributed by atoms with E-state index < -0.39 is 0 Å². The van der Waals surface area contributed by atoms with Gasteiger partial charge in [-0.2, -0.15) is 0 Å². The van der Waals surface area contributed by atoms with Gasteiger partial charge in [0, 0.05) is 23.9 Å². The first kappa shape index (κ1) is 14.9. The molecule has 1 aliphatic rings. The van der Waals surface area contributed by atoms with E-state index in [2.05, 4.69) is 31.1 Å². The molecule has 0 bridgehead atoms. The van der Waals surface area contributed by atoms with E-state index in [0.717, 1.165) is 36.7 Å². The smallest absolute Gasteiger partial charge is 0.0982 e. The zero-order valence-corrected chi connectivity index (χ0v) is 12.8. The Kier molecular flexibility index (Phi) is 4.95. The Morgan fingerprint density at radius 2 is 2.37 bits per heavy atom. The van der Waals surface area contributed by atoms with E-state index in [0.29, 0.717) is 0 Å². The van der Waals surface area contributed by atoms with E-state index in [1.807, 2.05) is 5.38 Å². The van der Waals surface area contributed by atoms with E-state index >= 15 is 0 Å². The Balaban J connectivity index is 1.94. The maximum Gasteiger partial charge on any atom is 0.0982 e. The Labute approximate surface area is 119 Å². The molecule has 108 valence electrons. The predicted molar refractivity (Wildman–Crippen MR) is 77.6 cm³/mol. The van der Waals surface area contributed by atoms with Gasteiger partial charge in [0.2, 0.25) is 0 Å². The minimum Gasteiger partial charge on any atom is -0.394 e. The predicted octanol–water partition coefficient (Wildman–Crippen LogP) is 2.24. The zero-order valence-electron chi connectivity index (χ0n) is 12.0. The molecule has 1 saturated heterocycles. The van der Waals surface area contributed by atoms with Crippen molar-refractivity contribution < 1.29 is 9.84 Å². The molecule has 4 nitrogen and oxygen atoms in total. The van der Waals surface area contributed by atoms with Gasteiger partial charge in [-0.3, -0.25) is 0 Å². The van der Waals surface area contributed by atoms with Gasteiger partial charge in [0.25, 0.3) is 0 Å². The van der Waals surface area contributed by atoms with Crippen LogP contribution in [0.1, 0.15) is 50.4 Å². The minimum atomic E-state index is -0.0865. The van der Waals surface area contributed by atoms with Crippen LogP contribution in [0.15, 0.2) is 5.38 Å². The van der Waals surface area contributed by atoms with Crippen molar-refractivity contribution >= 4 is 11.3 Å². The lowest BCUT2D eigenvalue weighted by Gasteiger charge is -2.18. The Morgan fingerprint density at radius 1 is 1.58 bits per heavy atom. The molecule has 2 heterocycles. The van der Waals surface area contributed by atoms with Crippen LogP contribution in [0.3, 0.4) is 0 Å². The van der Waals surface area contributed by atoms with E-state index in [1.165, 1.54) is 0 Å². The van der Waals surface area contributed by atoms with Crippen LogP contribution >= 0.6 is 11.3 Å². The summed E-state index contributed by atoms with van der Waals surface area (Å²) in [5.74, 6) is 0. The first-order chi connectivity index (χ1) is 9.00. The number of hydrogen-bond acceptors (Lipinski definition) is 5. The zero-order chi connectivity index (χ0) is 13.9. The number of nitrogens with one attached hydrogen (secondary N) is 1. The standard InChI is InChI=1S/C14H24N2O2S/c1-14(2,3)13-16-12(9-19-13)11(8-17)15-7-10-5-4-6-18-10/h9-11,15,17H,4-8H2,1-3H3. The monoisotopic (exact) mass is 284 g/mol. The lowest BCUT2D eigenvalue weighted by Crippen LogP contribution is -2.32. The van der Waals surface area contributed by atoms with Gasteiger partial charge >= 0.3 is 0 Å². The third-order valence-electron chi connectivity index (χ3n) is 3.32. The van der Waals surface area contributed by atoms with Crippen LogP contribution in [-0.2, 0) is 10.2 Å². The van der Waals surface area contributed by atoms with Crippen molar-refractivity contribution in [1.29, 1.82) is 0 Å². The van der Waals surface area contributed by atoms with E-state index in [9.17, 15) is 5.11 Å². The molecule has 0 saturated carbocycles. The SMILES string of the molecule is CC(C)(C)c1nc(C(CO)NCC2CCCO2)cs1. The Hall–Kier alpha value is -0.490. The quantitative estimate of drug-likeness (QED) is 0.871. The molecule has 2 atom stereocenters. The second-order valence-corrected chi connectivity index (χ2v) is 6.96. The minimum absolute atomic E-state index is 0.0670. The average Bonchev–Trinajstić information content (AvgIpc) is 2.98. The number of hydrogen-bond donors (Lipinski definition) is 2. The van der Waals surface area contributed by atoms with Crippen molar-refractivity contribution in [2.45, 2.75) is 51.2 Å². The molecule has 0 aromatic carbocycles. The maximum absolute atomic E-state index is 9.53. The average molecular weight is 284 g/mol. The fourth-order valence-electron chi connectivity index (χ4n) is 2.13. The first-order valence-corrected chi connectivity index (χ1v) is 7.80. The summed E-state index contributed by atoms with van der Waals surface area (Å²) in [5.41, 5.74) is 1.01. The number of aliphatic hydroxyl groups is 1. The largest absolute Gasteiger partial charge is 0.394 e. The number of thiazole rings is 1. The van der Waals surface area contributed by atoms with Crippen molar-refractivity contribution in [3.8, 4) is 0 Å². The third kappa shape index (κ3) is 3.99. The fourth-order valence-corrected chi connectivity index (χ4v) is 3.09. The van der Waals surface area contributed by atoms with Crippen molar-refractivity contribution in [1.82, 2.24) is 10.3 Å². The summed E-state index contributed by atoms with van der Waals surface area (Å²) in [5, 5.41) is 16.0. The highest BCUT2D eigenvalue weighted by atomic mass is 32.1. The van der Waals surface area contributed by atoms with Crippen molar-refractivity contribution in [2.75, 3.05) is 19.8 Å². The summed E-state index contributed by atoms with van der Waals surface area (Å²) in [6.45, 7) is 8.19. The molecule has 0 spiro atoms. The molecular formula is C14H24N2O2S. The summed E-state index contributed by atoms with van der Waals surface area (Å²) < 4.78 is 5.58. The van der Waals surface area contributed by atoms with Crippen LogP contribution in [0.2, 0.25) is 0 Å². The molecule has 19 heavy (non-hydrogen) atoms. The molecule has 5 heteroatoms. The molecular weight excluding hydrogens is 260 g/mol. The van der Waals surface area contributed by atoms with Gasteiger partial charge in [-0.15, -0.1) is 11.3 Å². The molecule has 0 amide bonds. The van der Waals surface area contributed by atoms with Gasteiger partial charge in [-0.05, 0) is 12.8 Å². The second kappa shape index (κ2) is 6.31. The molecule has 2 rings (SSSR count). The summed E-state index contributed by atoms with van der Waals surface area (Å²) in [7, 11) is 0. The van der Waals surface area contributed by atoms with Crippen LogP contribution in [0.25, 0.3) is 0 Å². The van der Waals surface area contributed by atoms with Crippen LogP contribution in [-0.4, -0.2) is 36.0 Å². The lowest BCUT2D eigenvalue weighted by atomic mass is 9.98. The number of aliphatic hydroxyl groups excluding tert-OH is 1. The van der Waals surface area contributed by atoms with Gasteiger partial charge in [-0.25, -0.2) is 4.98 Å². The van der Waals surface area contributed by atoms with E-state index in [1.54, 1.807) is 11.3 Å². The molecule has 0 aliphatic carbocycles. The fraction of sp³-hybridized carbons (Fsp3) is 0.786.